The van der Waals surface area contributed by atoms with Crippen LogP contribution >= 0.6 is 11.6 Å². The zero-order chi connectivity index (χ0) is 30.5. The fraction of sp³-hybridized carbons (Fsp3) is 0.367. The Morgan fingerprint density at radius 1 is 1.07 bits per heavy atom. The van der Waals surface area contributed by atoms with E-state index >= 15 is 0 Å². The number of amides is 2. The van der Waals surface area contributed by atoms with Crippen LogP contribution in [0.15, 0.2) is 48.8 Å². The first-order chi connectivity index (χ1) is 20.6. The van der Waals surface area contributed by atoms with Gasteiger partial charge in [-0.1, -0.05) is 17.7 Å². The van der Waals surface area contributed by atoms with Crippen molar-refractivity contribution in [2.24, 2.45) is 5.92 Å². The van der Waals surface area contributed by atoms with Crippen LogP contribution in [-0.2, 0) is 10.2 Å². The monoisotopic (exact) mass is 613 g/mol. The van der Waals surface area contributed by atoms with Gasteiger partial charge in [-0.2, -0.15) is 0 Å². The highest BCUT2D eigenvalue weighted by Gasteiger charge is 2.58. The van der Waals surface area contributed by atoms with E-state index < -0.39 is 35.2 Å². The third-order valence-electron chi connectivity index (χ3n) is 8.62. The largest absolute Gasteiger partial charge is 0.478 e. The second-order valence-electron chi connectivity index (χ2n) is 11.3. The minimum absolute atomic E-state index is 0.0663. The molecule has 0 bridgehead atoms. The van der Waals surface area contributed by atoms with Gasteiger partial charge in [0.1, 0.15) is 22.7 Å². The van der Waals surface area contributed by atoms with Crippen LogP contribution in [0.2, 0.25) is 5.02 Å². The Bertz CT molecular complexity index is 1590. The molecule has 2 aliphatic heterocycles. The summed E-state index contributed by atoms with van der Waals surface area (Å²) in [6.07, 6.45) is 1.96. The number of benzene rings is 1. The molecule has 1 aliphatic carbocycles. The van der Waals surface area contributed by atoms with Gasteiger partial charge in [-0.3, -0.25) is 14.6 Å². The fourth-order valence-corrected chi connectivity index (χ4v) is 6.54. The van der Waals surface area contributed by atoms with Crippen molar-refractivity contribution in [3.05, 3.63) is 82.0 Å². The van der Waals surface area contributed by atoms with Crippen molar-refractivity contribution in [3.63, 3.8) is 0 Å². The first-order valence-electron chi connectivity index (χ1n) is 13.9. The average molecular weight is 614 g/mol. The number of halogens is 4. The van der Waals surface area contributed by atoms with Crippen molar-refractivity contribution in [3.8, 4) is 0 Å². The molecular formula is C30H27ClF3N5O4. The molecule has 1 saturated heterocycles. The summed E-state index contributed by atoms with van der Waals surface area (Å²) < 4.78 is 41.1. The molecule has 4 heterocycles. The summed E-state index contributed by atoms with van der Waals surface area (Å²) in [6, 6.07) is 8.41. The number of carboxylic acid groups (broad SMARTS) is 1. The number of carboxylic acids is 1. The van der Waals surface area contributed by atoms with E-state index in [2.05, 4.69) is 15.3 Å². The van der Waals surface area contributed by atoms with Gasteiger partial charge in [-0.05, 0) is 67.5 Å². The van der Waals surface area contributed by atoms with Gasteiger partial charge in [0, 0.05) is 38.1 Å². The molecule has 1 spiro atoms. The van der Waals surface area contributed by atoms with Crippen LogP contribution in [0.5, 0.6) is 0 Å². The molecular weight excluding hydrogens is 587 g/mol. The minimum Gasteiger partial charge on any atom is -0.478 e. The molecule has 3 aromatic rings. The van der Waals surface area contributed by atoms with Gasteiger partial charge >= 0.3 is 5.97 Å². The summed E-state index contributed by atoms with van der Waals surface area (Å²) in [4.78, 5) is 49.2. The number of carbonyl (C=O) groups excluding carboxylic acids is 2. The van der Waals surface area contributed by atoms with Gasteiger partial charge in [0.2, 0.25) is 5.91 Å². The second-order valence-corrected chi connectivity index (χ2v) is 11.7. The van der Waals surface area contributed by atoms with E-state index in [1.807, 2.05) is 4.90 Å². The van der Waals surface area contributed by atoms with Crippen molar-refractivity contribution >= 4 is 40.9 Å². The lowest BCUT2D eigenvalue weighted by Gasteiger charge is -2.47. The maximum absolute atomic E-state index is 14.4. The van der Waals surface area contributed by atoms with Gasteiger partial charge in [-0.25, -0.2) is 22.9 Å². The summed E-state index contributed by atoms with van der Waals surface area (Å²) in [7, 11) is 0. The van der Waals surface area contributed by atoms with Gasteiger partial charge in [0.15, 0.2) is 0 Å². The molecule has 0 unspecified atom stereocenters. The summed E-state index contributed by atoms with van der Waals surface area (Å²) in [5, 5.41) is 12.0. The normalized spacial score (nSPS) is 20.7. The molecule has 1 aromatic carbocycles. The van der Waals surface area contributed by atoms with Crippen molar-refractivity contribution < 1.29 is 32.7 Å². The number of rotatable bonds is 7. The van der Waals surface area contributed by atoms with Gasteiger partial charge in [-0.15, -0.1) is 0 Å². The van der Waals surface area contributed by atoms with E-state index in [9.17, 15) is 27.6 Å². The summed E-state index contributed by atoms with van der Waals surface area (Å²) in [6.45, 7) is 1.05. The Labute approximate surface area is 249 Å². The topological polar surface area (TPSA) is 116 Å². The van der Waals surface area contributed by atoms with Crippen molar-refractivity contribution in [1.82, 2.24) is 15.3 Å². The molecule has 43 heavy (non-hydrogen) atoms. The number of anilines is 2. The van der Waals surface area contributed by atoms with Crippen LogP contribution in [0.1, 0.15) is 64.1 Å². The van der Waals surface area contributed by atoms with E-state index in [-0.39, 0.29) is 34.0 Å². The number of pyridine rings is 2. The Balaban J connectivity index is 1.11. The molecule has 1 saturated carbocycles. The molecule has 2 aromatic heterocycles. The molecule has 0 radical (unpaired) electrons. The smallest absolute Gasteiger partial charge is 0.337 e. The summed E-state index contributed by atoms with van der Waals surface area (Å²) >= 11 is 5.89. The van der Waals surface area contributed by atoms with Crippen LogP contribution in [0.25, 0.3) is 0 Å². The molecule has 9 nitrogen and oxygen atoms in total. The molecule has 0 atom stereocenters. The van der Waals surface area contributed by atoms with Gasteiger partial charge in [0.25, 0.3) is 12.3 Å². The number of aromatic nitrogens is 2. The SMILES string of the molecule is O=C(O)c1ccc(N2CC3(C2)C(=O)N(CC2CCC(NC(=O)c4cc(Cl)cnc4C(F)F)CC2)c2cc(F)ccc23)nc1. The highest BCUT2D eigenvalue weighted by Crippen LogP contribution is 2.49. The quantitative estimate of drug-likeness (QED) is 0.385. The number of carbonyl (C=O) groups is 3. The molecule has 3 aliphatic rings. The molecule has 2 fully saturated rings. The maximum atomic E-state index is 14.4. The van der Waals surface area contributed by atoms with E-state index in [4.69, 9.17) is 16.7 Å². The summed E-state index contributed by atoms with van der Waals surface area (Å²) in [5.41, 5.74) is -0.360. The predicted octanol–water partition coefficient (Wildman–Crippen LogP) is 5.00. The Morgan fingerprint density at radius 2 is 1.81 bits per heavy atom. The lowest BCUT2D eigenvalue weighted by Crippen LogP contribution is -2.64. The predicted molar refractivity (Wildman–Crippen MR) is 151 cm³/mol. The van der Waals surface area contributed by atoms with E-state index in [0.29, 0.717) is 56.8 Å². The van der Waals surface area contributed by atoms with Crippen LogP contribution in [0.3, 0.4) is 0 Å². The molecule has 2 amide bonds. The zero-order valence-corrected chi connectivity index (χ0v) is 23.5. The molecule has 2 N–H and O–H groups in total. The number of fused-ring (bicyclic) bond motifs is 2. The zero-order valence-electron chi connectivity index (χ0n) is 22.8. The van der Waals surface area contributed by atoms with Gasteiger partial charge in [0.05, 0.1) is 21.8 Å². The average Bonchev–Trinajstić information content (AvgIpc) is 3.19. The van der Waals surface area contributed by atoms with Crippen molar-refractivity contribution in [2.45, 2.75) is 43.6 Å². The third-order valence-corrected chi connectivity index (χ3v) is 8.83. The van der Waals surface area contributed by atoms with E-state index in [0.717, 1.165) is 11.8 Å². The number of hydrogen-bond donors (Lipinski definition) is 2. The first-order valence-corrected chi connectivity index (χ1v) is 14.2. The molecule has 6 rings (SSSR count). The Kier molecular flexibility index (Phi) is 7.49. The van der Waals surface area contributed by atoms with E-state index in [1.165, 1.54) is 30.5 Å². The van der Waals surface area contributed by atoms with Crippen LogP contribution in [0, 0.1) is 11.7 Å². The number of aromatic carboxylic acids is 1. The minimum atomic E-state index is -2.92. The fourth-order valence-electron chi connectivity index (χ4n) is 6.39. The van der Waals surface area contributed by atoms with E-state index in [1.54, 1.807) is 17.0 Å². The molecule has 224 valence electrons. The van der Waals surface area contributed by atoms with Crippen molar-refractivity contribution in [2.75, 3.05) is 29.4 Å². The Hall–Kier alpha value is -4.19. The first kappa shape index (κ1) is 28.9. The second kappa shape index (κ2) is 11.1. The highest BCUT2D eigenvalue weighted by molar-refractivity contribution is 6.30. The van der Waals surface area contributed by atoms with Crippen LogP contribution in [-0.4, -0.2) is 58.5 Å². The highest BCUT2D eigenvalue weighted by atomic mass is 35.5. The number of alkyl halides is 2. The van der Waals surface area contributed by atoms with Crippen LogP contribution in [0.4, 0.5) is 24.7 Å². The maximum Gasteiger partial charge on any atom is 0.337 e. The lowest BCUT2D eigenvalue weighted by atomic mass is 9.74. The Morgan fingerprint density at radius 3 is 2.47 bits per heavy atom. The number of nitrogens with zero attached hydrogens (tertiary/aromatic N) is 4. The lowest BCUT2D eigenvalue weighted by molar-refractivity contribution is -0.124. The van der Waals surface area contributed by atoms with Crippen molar-refractivity contribution in [1.29, 1.82) is 0 Å². The standard InChI is InChI=1S/C30H27ClF3N5O4/c31-18-9-21(25(26(33)34)36-12-18)27(40)37-20-5-1-16(2-6-20)13-39-23-10-19(32)4-7-22(23)30(29(39)43)14-38(15-30)24-8-3-17(11-35-24)28(41)42/h3-4,7-12,16,20,26H,1-2,5-6,13-15H2,(H,37,40)(H,41,42). The summed E-state index contributed by atoms with van der Waals surface area (Å²) in [5.74, 6) is -1.64. The number of nitrogens with one attached hydrogen (secondary N) is 1. The third kappa shape index (κ3) is 5.28. The van der Waals surface area contributed by atoms with Crippen LogP contribution < -0.4 is 15.1 Å². The number of hydrogen-bond acceptors (Lipinski definition) is 6. The van der Waals surface area contributed by atoms with Gasteiger partial charge < -0.3 is 20.2 Å². The molecule has 13 heteroatoms.